The average molecular weight is 322 g/mol. The van der Waals surface area contributed by atoms with Gasteiger partial charge >= 0.3 is 0 Å². The molecule has 0 aromatic heterocycles. The fraction of sp³-hybridized carbons (Fsp3) is 1.00. The summed E-state index contributed by atoms with van der Waals surface area (Å²) in [6.07, 6.45) is 4.98. The highest BCUT2D eigenvalue weighted by atomic mass is 32.2. The van der Waals surface area contributed by atoms with Gasteiger partial charge in [0.15, 0.2) is 0 Å². The number of nitrogens with one attached hydrogen (secondary N) is 2. The molecule has 0 aromatic rings. The Kier molecular flexibility index (Phi) is 6.61. The van der Waals surface area contributed by atoms with E-state index >= 15 is 0 Å². The third kappa shape index (κ3) is 4.59. The van der Waals surface area contributed by atoms with E-state index in [2.05, 4.69) is 17.0 Å². The summed E-state index contributed by atoms with van der Waals surface area (Å²) in [6, 6.07) is 0.238. The largest absolute Gasteiger partial charge is 0.315 e. The summed E-state index contributed by atoms with van der Waals surface area (Å²) < 4.78 is 29.8. The molecule has 0 spiro atoms. The van der Waals surface area contributed by atoms with Crippen LogP contribution >= 0.6 is 11.8 Å². The molecule has 0 bridgehead atoms. The normalized spacial score (nSPS) is 26.8. The van der Waals surface area contributed by atoms with Gasteiger partial charge in [-0.25, -0.2) is 0 Å². The number of hydrogen-bond donors (Lipinski definition) is 2. The molecule has 0 radical (unpaired) electrons. The lowest BCUT2D eigenvalue weighted by molar-refractivity contribution is 0.242. The summed E-state index contributed by atoms with van der Waals surface area (Å²) in [5.41, 5.74) is 0. The van der Waals surface area contributed by atoms with Gasteiger partial charge in [0.2, 0.25) is 0 Å². The van der Waals surface area contributed by atoms with E-state index in [-0.39, 0.29) is 12.1 Å². The fourth-order valence-electron chi connectivity index (χ4n) is 2.90. The number of thioether (sulfide) groups is 1. The van der Waals surface area contributed by atoms with Crippen LogP contribution in [0.3, 0.4) is 0 Å². The molecule has 2 saturated heterocycles. The van der Waals surface area contributed by atoms with E-state index in [0.717, 1.165) is 56.7 Å². The maximum Gasteiger partial charge on any atom is 0.279 e. The Hall–Kier alpha value is 0.180. The molecule has 20 heavy (non-hydrogen) atoms. The van der Waals surface area contributed by atoms with Crippen molar-refractivity contribution in [2.75, 3.05) is 31.1 Å². The molecular formula is C13H27N3O2S2. The van der Waals surface area contributed by atoms with Crippen LogP contribution in [0.4, 0.5) is 0 Å². The Bertz CT molecular complexity index is 383. The van der Waals surface area contributed by atoms with Gasteiger partial charge in [-0.05, 0) is 43.7 Å². The van der Waals surface area contributed by atoms with E-state index in [1.165, 1.54) is 0 Å². The van der Waals surface area contributed by atoms with Crippen LogP contribution in [-0.2, 0) is 10.2 Å². The Balaban J connectivity index is 1.97. The summed E-state index contributed by atoms with van der Waals surface area (Å²) in [5.74, 6) is 2.13. The van der Waals surface area contributed by atoms with Crippen LogP contribution in [-0.4, -0.2) is 55.9 Å². The van der Waals surface area contributed by atoms with Gasteiger partial charge in [0.1, 0.15) is 0 Å². The number of hydrogen-bond acceptors (Lipinski definition) is 4. The first kappa shape index (κ1) is 16.5. The average Bonchev–Trinajstić information content (AvgIpc) is 2.46. The smallest absolute Gasteiger partial charge is 0.279 e. The van der Waals surface area contributed by atoms with Gasteiger partial charge in [0.25, 0.3) is 10.2 Å². The molecule has 2 aliphatic rings. The second-order valence-electron chi connectivity index (χ2n) is 5.58. The van der Waals surface area contributed by atoms with Crippen molar-refractivity contribution in [1.82, 2.24) is 14.3 Å². The van der Waals surface area contributed by atoms with Crippen LogP contribution in [0, 0.1) is 0 Å². The third-order valence-electron chi connectivity index (χ3n) is 4.05. The van der Waals surface area contributed by atoms with Crippen LogP contribution < -0.4 is 10.0 Å². The van der Waals surface area contributed by atoms with Crippen molar-refractivity contribution < 1.29 is 8.42 Å². The van der Waals surface area contributed by atoms with Crippen molar-refractivity contribution in [1.29, 1.82) is 0 Å². The summed E-state index contributed by atoms with van der Waals surface area (Å²) in [4.78, 5) is 0. The monoisotopic (exact) mass is 321 g/mol. The molecule has 0 amide bonds. The summed E-state index contributed by atoms with van der Waals surface area (Å²) >= 11 is 1.91. The summed E-state index contributed by atoms with van der Waals surface area (Å²) in [6.45, 7) is 4.36. The number of rotatable bonds is 6. The molecule has 1 atom stereocenters. The Labute approximate surface area is 127 Å². The van der Waals surface area contributed by atoms with Crippen molar-refractivity contribution in [3.05, 3.63) is 0 Å². The molecule has 1 unspecified atom stereocenters. The lowest BCUT2D eigenvalue weighted by Crippen LogP contribution is -2.54. The standard InChI is InChI=1S/C13H27N3O2S2/c1-2-14-11-13-5-3-4-8-16(13)20(17,18)15-12-6-9-19-10-7-12/h12-15H,2-11H2,1H3. The molecule has 0 aromatic carbocycles. The highest BCUT2D eigenvalue weighted by Crippen LogP contribution is 2.22. The minimum atomic E-state index is -3.33. The molecule has 7 heteroatoms. The predicted octanol–water partition coefficient (Wildman–Crippen LogP) is 1.18. The first-order valence-electron chi connectivity index (χ1n) is 7.71. The van der Waals surface area contributed by atoms with E-state index in [1.807, 2.05) is 11.8 Å². The second-order valence-corrected chi connectivity index (χ2v) is 8.46. The molecule has 118 valence electrons. The topological polar surface area (TPSA) is 61.4 Å². The third-order valence-corrected chi connectivity index (χ3v) is 6.83. The van der Waals surface area contributed by atoms with Crippen LogP contribution in [0.5, 0.6) is 0 Å². The zero-order valence-corrected chi connectivity index (χ0v) is 13.9. The fourth-order valence-corrected chi connectivity index (χ4v) is 5.74. The molecular weight excluding hydrogens is 294 g/mol. The van der Waals surface area contributed by atoms with E-state index in [4.69, 9.17) is 0 Å². The summed E-state index contributed by atoms with van der Waals surface area (Å²) in [7, 11) is -3.33. The maximum absolute atomic E-state index is 12.6. The predicted molar refractivity (Wildman–Crippen MR) is 85.3 cm³/mol. The lowest BCUT2D eigenvalue weighted by Gasteiger charge is -2.36. The molecule has 2 rings (SSSR count). The van der Waals surface area contributed by atoms with Gasteiger partial charge in [-0.2, -0.15) is 29.2 Å². The maximum atomic E-state index is 12.6. The van der Waals surface area contributed by atoms with Crippen molar-refractivity contribution in [3.8, 4) is 0 Å². The molecule has 0 aliphatic carbocycles. The Morgan fingerprint density at radius 3 is 2.65 bits per heavy atom. The Morgan fingerprint density at radius 2 is 1.95 bits per heavy atom. The zero-order valence-electron chi connectivity index (χ0n) is 12.3. The van der Waals surface area contributed by atoms with Gasteiger partial charge in [0.05, 0.1) is 0 Å². The van der Waals surface area contributed by atoms with Gasteiger partial charge < -0.3 is 5.32 Å². The highest BCUT2D eigenvalue weighted by Gasteiger charge is 2.33. The van der Waals surface area contributed by atoms with Crippen molar-refractivity contribution in [2.45, 2.75) is 51.1 Å². The van der Waals surface area contributed by atoms with Crippen LogP contribution in [0.15, 0.2) is 0 Å². The van der Waals surface area contributed by atoms with Crippen molar-refractivity contribution >= 4 is 22.0 Å². The van der Waals surface area contributed by atoms with Gasteiger partial charge in [0, 0.05) is 25.2 Å². The van der Waals surface area contributed by atoms with Crippen LogP contribution in [0.25, 0.3) is 0 Å². The minimum absolute atomic E-state index is 0.110. The molecule has 2 N–H and O–H groups in total. The van der Waals surface area contributed by atoms with Crippen molar-refractivity contribution in [2.24, 2.45) is 0 Å². The van der Waals surface area contributed by atoms with Crippen molar-refractivity contribution in [3.63, 3.8) is 0 Å². The Morgan fingerprint density at radius 1 is 1.20 bits per heavy atom. The second kappa shape index (κ2) is 7.98. The zero-order chi connectivity index (χ0) is 14.4. The molecule has 2 aliphatic heterocycles. The molecule has 0 saturated carbocycles. The van der Waals surface area contributed by atoms with Crippen LogP contribution in [0.1, 0.15) is 39.0 Å². The van der Waals surface area contributed by atoms with Gasteiger partial charge in [-0.1, -0.05) is 13.3 Å². The van der Waals surface area contributed by atoms with Gasteiger partial charge in [-0.3, -0.25) is 0 Å². The van der Waals surface area contributed by atoms with Gasteiger partial charge in [-0.15, -0.1) is 0 Å². The van der Waals surface area contributed by atoms with E-state index in [9.17, 15) is 8.42 Å². The van der Waals surface area contributed by atoms with E-state index in [0.29, 0.717) is 6.54 Å². The van der Waals surface area contributed by atoms with E-state index in [1.54, 1.807) is 4.31 Å². The SMILES string of the molecule is CCNCC1CCCCN1S(=O)(=O)NC1CCSCC1. The lowest BCUT2D eigenvalue weighted by atomic mass is 10.1. The quantitative estimate of drug-likeness (QED) is 0.771. The van der Waals surface area contributed by atoms with Crippen LogP contribution in [0.2, 0.25) is 0 Å². The first-order valence-corrected chi connectivity index (χ1v) is 10.3. The first-order chi connectivity index (χ1) is 9.63. The number of likely N-dealkylation sites (N-methyl/N-ethyl adjacent to an activating group) is 1. The minimum Gasteiger partial charge on any atom is -0.315 e. The van der Waals surface area contributed by atoms with E-state index < -0.39 is 10.2 Å². The number of piperidine rings is 1. The molecule has 2 heterocycles. The summed E-state index contributed by atoms with van der Waals surface area (Å²) in [5, 5.41) is 3.29. The molecule has 2 fully saturated rings. The molecule has 5 nitrogen and oxygen atoms in total. The highest BCUT2D eigenvalue weighted by molar-refractivity contribution is 7.99. The number of nitrogens with zero attached hydrogens (tertiary/aromatic N) is 1.